The van der Waals surface area contributed by atoms with E-state index < -0.39 is 10.1 Å². The van der Waals surface area contributed by atoms with E-state index in [4.69, 9.17) is 21.9 Å². The van der Waals surface area contributed by atoms with Gasteiger partial charge in [-0.1, -0.05) is 11.6 Å². The van der Waals surface area contributed by atoms with Crippen molar-refractivity contribution in [2.45, 2.75) is 4.90 Å². The Hall–Kier alpha value is -1.04. The highest BCUT2D eigenvalue weighted by Crippen LogP contribution is 2.21. The minimum absolute atomic E-state index is 0.0648. The Morgan fingerprint density at radius 3 is 2.21 bits per heavy atom. The predicted octanol–water partition coefficient (Wildman–Crippen LogP) is 1.97. The summed E-state index contributed by atoms with van der Waals surface area (Å²) in [4.78, 5) is -0.327. The molecule has 1 aromatic rings. The van der Waals surface area contributed by atoms with E-state index >= 15 is 0 Å². The van der Waals surface area contributed by atoms with Gasteiger partial charge in [0.05, 0.1) is 5.69 Å². The van der Waals surface area contributed by atoms with Gasteiger partial charge >= 0.3 is 0 Å². The van der Waals surface area contributed by atoms with Crippen LogP contribution in [0.2, 0.25) is 5.02 Å². The van der Waals surface area contributed by atoms with Crippen LogP contribution in [0.25, 0.3) is 0 Å². The molecule has 0 aliphatic rings. The van der Waals surface area contributed by atoms with Crippen molar-refractivity contribution in [2.24, 2.45) is 0 Å². The number of anilines is 1. The first kappa shape index (κ1) is 13.0. The maximum absolute atomic E-state index is 10.6. The number of nitrogen functional groups attached to an aromatic ring is 1. The Balaban J connectivity index is 0.000000791. The van der Waals surface area contributed by atoms with Gasteiger partial charge in [-0.15, -0.1) is 13.2 Å². The average molecular weight is 236 g/mol. The summed E-state index contributed by atoms with van der Waals surface area (Å²) in [5, 5.41) is 0.319. The first-order valence-corrected chi connectivity index (χ1v) is 5.25. The largest absolute Gasteiger partial charge is 0.398 e. The Kier molecular flexibility index (Phi) is 4.62. The quantitative estimate of drug-likeness (QED) is 0.443. The lowest BCUT2D eigenvalue weighted by molar-refractivity contribution is 0.483. The molecule has 14 heavy (non-hydrogen) atoms. The van der Waals surface area contributed by atoms with Gasteiger partial charge in [0.15, 0.2) is 0 Å². The normalized spacial score (nSPS) is 10.1. The second-order valence-corrected chi connectivity index (χ2v) is 3.98. The summed E-state index contributed by atoms with van der Waals surface area (Å²) >= 11 is 5.51. The molecule has 3 N–H and O–H groups in total. The van der Waals surface area contributed by atoms with Gasteiger partial charge in [-0.25, -0.2) is 0 Å². The molecule has 0 bridgehead atoms. The van der Waals surface area contributed by atoms with Gasteiger partial charge in [0, 0.05) is 5.02 Å². The predicted molar refractivity (Wildman–Crippen MR) is 56.9 cm³/mol. The minimum atomic E-state index is -4.23. The third-order valence-corrected chi connectivity index (χ3v) is 2.41. The molecule has 6 heteroatoms. The molecular weight excluding hydrogens is 226 g/mol. The van der Waals surface area contributed by atoms with E-state index in [1.54, 1.807) is 0 Å². The topological polar surface area (TPSA) is 80.4 Å². The molecule has 0 radical (unpaired) electrons. The lowest BCUT2D eigenvalue weighted by atomic mass is 10.3. The zero-order chi connectivity index (χ0) is 11.4. The summed E-state index contributed by atoms with van der Waals surface area (Å²) < 4.78 is 29.8. The zero-order valence-electron chi connectivity index (χ0n) is 7.27. The van der Waals surface area contributed by atoms with Crippen molar-refractivity contribution < 1.29 is 13.0 Å². The Bertz CT molecular complexity index is 417. The molecule has 4 nitrogen and oxygen atoms in total. The standard InChI is InChI=1S/C6H6ClNO3S.C2H4/c7-4-1-2-6(5(8)3-4)12(9,10)11;1-2/h1-3H,8H2,(H,9,10,11);1-2H2. The molecule has 1 rings (SSSR count). The van der Waals surface area contributed by atoms with Gasteiger partial charge in [-0.05, 0) is 18.2 Å². The Labute approximate surface area is 87.7 Å². The van der Waals surface area contributed by atoms with Crippen molar-refractivity contribution in [3.63, 3.8) is 0 Å². The summed E-state index contributed by atoms with van der Waals surface area (Å²) in [6.45, 7) is 6.00. The lowest BCUT2D eigenvalue weighted by Crippen LogP contribution is -2.02. The maximum Gasteiger partial charge on any atom is 0.296 e. The third kappa shape index (κ3) is 3.37. The van der Waals surface area contributed by atoms with E-state index in [1.807, 2.05) is 0 Å². The Morgan fingerprint density at radius 1 is 1.36 bits per heavy atom. The summed E-state index contributed by atoms with van der Waals surface area (Å²) in [5.41, 5.74) is 5.22. The summed E-state index contributed by atoms with van der Waals surface area (Å²) in [6.07, 6.45) is 0. The zero-order valence-corrected chi connectivity index (χ0v) is 8.85. The number of rotatable bonds is 1. The van der Waals surface area contributed by atoms with Gasteiger partial charge in [0.25, 0.3) is 10.1 Å². The molecule has 78 valence electrons. The van der Waals surface area contributed by atoms with Crippen molar-refractivity contribution in [3.05, 3.63) is 36.4 Å². The molecule has 0 spiro atoms. The molecule has 0 aromatic heterocycles. The molecule has 0 aliphatic carbocycles. The lowest BCUT2D eigenvalue weighted by Gasteiger charge is -2.00. The number of nitrogens with two attached hydrogens (primary N) is 1. The van der Waals surface area contributed by atoms with Crippen molar-refractivity contribution in [2.75, 3.05) is 5.73 Å². The fourth-order valence-corrected chi connectivity index (χ4v) is 1.53. The summed E-state index contributed by atoms with van der Waals surface area (Å²) in [5.74, 6) is 0. The van der Waals surface area contributed by atoms with Crippen LogP contribution in [0, 0.1) is 0 Å². The smallest absolute Gasteiger partial charge is 0.296 e. The number of hydrogen-bond donors (Lipinski definition) is 2. The molecule has 0 saturated carbocycles. The maximum atomic E-state index is 10.6. The van der Waals surface area contributed by atoms with Crippen molar-refractivity contribution in [3.8, 4) is 0 Å². The highest BCUT2D eigenvalue weighted by molar-refractivity contribution is 7.86. The highest BCUT2D eigenvalue weighted by Gasteiger charge is 2.12. The van der Waals surface area contributed by atoms with Crippen LogP contribution >= 0.6 is 11.6 Å². The molecule has 0 unspecified atom stereocenters. The molecule has 0 heterocycles. The van der Waals surface area contributed by atoms with Gasteiger partial charge in [-0.2, -0.15) is 8.42 Å². The first-order chi connectivity index (χ1) is 6.41. The summed E-state index contributed by atoms with van der Waals surface area (Å²) in [7, 11) is -4.23. The van der Waals surface area contributed by atoms with Crippen molar-refractivity contribution >= 4 is 27.4 Å². The number of hydrogen-bond acceptors (Lipinski definition) is 3. The molecule has 0 fully saturated rings. The van der Waals surface area contributed by atoms with Crippen molar-refractivity contribution in [1.29, 1.82) is 0 Å². The van der Waals surface area contributed by atoms with E-state index in [9.17, 15) is 8.42 Å². The third-order valence-electron chi connectivity index (χ3n) is 1.25. The van der Waals surface area contributed by atoms with Crippen LogP contribution in [0.5, 0.6) is 0 Å². The van der Waals surface area contributed by atoms with Crippen LogP contribution in [-0.4, -0.2) is 13.0 Å². The van der Waals surface area contributed by atoms with Gasteiger partial charge in [0.2, 0.25) is 0 Å². The highest BCUT2D eigenvalue weighted by atomic mass is 35.5. The van der Waals surface area contributed by atoms with Gasteiger partial charge in [-0.3, -0.25) is 4.55 Å². The number of halogens is 1. The molecule has 0 amide bonds. The van der Waals surface area contributed by atoms with Crippen molar-refractivity contribution in [1.82, 2.24) is 0 Å². The second-order valence-electron chi connectivity index (χ2n) is 2.16. The SMILES string of the molecule is C=C.Nc1cc(Cl)ccc1S(=O)(=O)O. The van der Waals surface area contributed by atoms with Crippen LogP contribution in [0.3, 0.4) is 0 Å². The first-order valence-electron chi connectivity index (χ1n) is 3.44. The fraction of sp³-hybridized carbons (Fsp3) is 0. The van der Waals surface area contributed by atoms with Gasteiger partial charge < -0.3 is 5.73 Å². The summed E-state index contributed by atoms with van der Waals surface area (Å²) in [6, 6.07) is 3.73. The molecule has 0 aliphatic heterocycles. The van der Waals surface area contributed by atoms with E-state index in [0.717, 1.165) is 6.07 Å². The van der Waals surface area contributed by atoms with E-state index in [-0.39, 0.29) is 10.6 Å². The van der Waals surface area contributed by atoms with Crippen LogP contribution < -0.4 is 5.73 Å². The van der Waals surface area contributed by atoms with Crippen LogP contribution in [-0.2, 0) is 10.1 Å². The average Bonchev–Trinajstić information content (AvgIpc) is 2.05. The van der Waals surface area contributed by atoms with Gasteiger partial charge in [0.1, 0.15) is 4.90 Å². The monoisotopic (exact) mass is 235 g/mol. The van der Waals surface area contributed by atoms with Crippen LogP contribution in [0.15, 0.2) is 36.3 Å². The Morgan fingerprint density at radius 2 is 1.86 bits per heavy atom. The fourth-order valence-electron chi connectivity index (χ4n) is 0.754. The van der Waals surface area contributed by atoms with E-state index in [0.29, 0.717) is 5.02 Å². The van der Waals surface area contributed by atoms with Crippen LogP contribution in [0.1, 0.15) is 0 Å². The molecule has 0 saturated heterocycles. The molecule has 0 atom stereocenters. The molecule has 1 aromatic carbocycles. The van der Waals surface area contributed by atoms with E-state index in [2.05, 4.69) is 13.2 Å². The number of benzene rings is 1. The second kappa shape index (κ2) is 4.99. The molecular formula is C8H10ClNO3S. The minimum Gasteiger partial charge on any atom is -0.398 e. The van der Waals surface area contributed by atoms with E-state index in [1.165, 1.54) is 12.1 Å². The van der Waals surface area contributed by atoms with Crippen LogP contribution in [0.4, 0.5) is 5.69 Å².